The monoisotopic (exact) mass is 314 g/mol. The lowest BCUT2D eigenvalue weighted by Gasteiger charge is -2.12. The molecule has 0 saturated carbocycles. The van der Waals surface area contributed by atoms with Crippen molar-refractivity contribution in [1.29, 1.82) is 0 Å². The summed E-state index contributed by atoms with van der Waals surface area (Å²) in [5.41, 5.74) is 1.20. The van der Waals surface area contributed by atoms with Crippen LogP contribution >= 0.6 is 0 Å². The Labute approximate surface area is 123 Å². The summed E-state index contributed by atoms with van der Waals surface area (Å²) in [5, 5.41) is 11.0. The zero-order chi connectivity index (χ0) is 16.0. The van der Waals surface area contributed by atoms with Crippen molar-refractivity contribution in [2.24, 2.45) is 0 Å². The van der Waals surface area contributed by atoms with E-state index in [1.54, 1.807) is 25.1 Å². The molecule has 0 aliphatic heterocycles. The summed E-state index contributed by atoms with van der Waals surface area (Å²) in [6, 6.07) is 4.72. The first kappa shape index (κ1) is 17.0. The van der Waals surface area contributed by atoms with Crippen LogP contribution in [-0.2, 0) is 14.8 Å². The first-order chi connectivity index (χ1) is 9.76. The van der Waals surface area contributed by atoms with Crippen LogP contribution < -0.4 is 10.0 Å². The number of amides is 1. The first-order valence-corrected chi connectivity index (χ1v) is 7.96. The molecule has 1 aromatic carbocycles. The molecule has 8 heteroatoms. The molecule has 0 radical (unpaired) electrons. The third-order valence-corrected chi connectivity index (χ3v) is 4.23. The van der Waals surface area contributed by atoms with Crippen molar-refractivity contribution in [3.05, 3.63) is 29.3 Å². The van der Waals surface area contributed by atoms with E-state index in [9.17, 15) is 18.0 Å². The van der Waals surface area contributed by atoms with Crippen LogP contribution in [0.3, 0.4) is 0 Å². The number of sulfonamides is 1. The van der Waals surface area contributed by atoms with Crippen molar-refractivity contribution in [1.82, 2.24) is 5.32 Å². The summed E-state index contributed by atoms with van der Waals surface area (Å²) in [6.07, 6.45) is -0.184. The van der Waals surface area contributed by atoms with Gasteiger partial charge in [0.1, 0.15) is 0 Å². The summed E-state index contributed by atoms with van der Waals surface area (Å²) < 4.78 is 26.1. The number of hydrogen-bond acceptors (Lipinski definition) is 4. The van der Waals surface area contributed by atoms with Crippen LogP contribution in [0.2, 0.25) is 0 Å². The molecular weight excluding hydrogens is 296 g/mol. The predicted octanol–water partition coefficient (Wildman–Crippen LogP) is 0.961. The molecule has 1 rings (SSSR count). The number of carboxylic acids is 1. The zero-order valence-corrected chi connectivity index (χ0v) is 12.7. The van der Waals surface area contributed by atoms with Gasteiger partial charge in [0.15, 0.2) is 0 Å². The molecule has 0 bridgehead atoms. The summed E-state index contributed by atoms with van der Waals surface area (Å²) in [6.45, 7) is 1.64. The maximum absolute atomic E-state index is 11.9. The number of carbonyl (C=O) groups excluding carboxylic acids is 1. The van der Waals surface area contributed by atoms with E-state index in [4.69, 9.17) is 5.11 Å². The molecule has 0 fully saturated rings. The van der Waals surface area contributed by atoms with Crippen LogP contribution in [0.4, 0.5) is 5.69 Å². The standard InChI is InChI=1S/C13H18N2O5S/c1-9-10(13(18)14-2)5-3-6-11(9)15-21(19,20)8-4-7-12(16)17/h3,5-6,15H,4,7-8H2,1-2H3,(H,14,18)(H,16,17). The van der Waals surface area contributed by atoms with Crippen molar-refractivity contribution in [2.45, 2.75) is 19.8 Å². The first-order valence-electron chi connectivity index (χ1n) is 6.31. The van der Waals surface area contributed by atoms with E-state index >= 15 is 0 Å². The normalized spacial score (nSPS) is 11.0. The van der Waals surface area contributed by atoms with Crippen LogP contribution in [0.25, 0.3) is 0 Å². The molecule has 1 amide bonds. The highest BCUT2D eigenvalue weighted by Gasteiger charge is 2.15. The maximum Gasteiger partial charge on any atom is 0.303 e. The number of anilines is 1. The highest BCUT2D eigenvalue weighted by Crippen LogP contribution is 2.20. The molecule has 21 heavy (non-hydrogen) atoms. The summed E-state index contributed by atoms with van der Waals surface area (Å²) in [7, 11) is -2.16. The van der Waals surface area contributed by atoms with Gasteiger partial charge < -0.3 is 10.4 Å². The Morgan fingerprint density at radius 3 is 2.52 bits per heavy atom. The Morgan fingerprint density at radius 1 is 1.29 bits per heavy atom. The molecule has 0 saturated heterocycles. The number of hydrogen-bond donors (Lipinski definition) is 3. The second-order valence-corrected chi connectivity index (χ2v) is 6.32. The van der Waals surface area contributed by atoms with Crippen molar-refractivity contribution in [2.75, 3.05) is 17.5 Å². The molecule has 0 aromatic heterocycles. The molecular formula is C13H18N2O5S. The van der Waals surface area contributed by atoms with Gasteiger partial charge in [-0.1, -0.05) is 6.07 Å². The minimum absolute atomic E-state index is 0.0266. The third-order valence-electron chi connectivity index (χ3n) is 2.87. The third kappa shape index (κ3) is 5.07. The lowest BCUT2D eigenvalue weighted by molar-refractivity contribution is -0.137. The van der Waals surface area contributed by atoms with Gasteiger partial charge in [-0.15, -0.1) is 0 Å². The van der Waals surface area contributed by atoms with Crippen molar-refractivity contribution >= 4 is 27.6 Å². The van der Waals surface area contributed by atoms with E-state index in [0.29, 0.717) is 16.8 Å². The summed E-state index contributed by atoms with van der Waals surface area (Å²) >= 11 is 0. The molecule has 0 atom stereocenters. The van der Waals surface area contributed by atoms with E-state index in [1.165, 1.54) is 7.05 Å². The highest BCUT2D eigenvalue weighted by molar-refractivity contribution is 7.92. The van der Waals surface area contributed by atoms with Gasteiger partial charge in [-0.25, -0.2) is 8.42 Å². The van der Waals surface area contributed by atoms with Crippen LogP contribution in [0.5, 0.6) is 0 Å². The molecule has 0 aliphatic rings. The molecule has 7 nitrogen and oxygen atoms in total. The second kappa shape index (κ2) is 7.07. The fraction of sp³-hybridized carbons (Fsp3) is 0.385. The fourth-order valence-electron chi connectivity index (χ4n) is 1.76. The molecule has 0 aliphatic carbocycles. The number of benzene rings is 1. The van der Waals surface area contributed by atoms with Crippen LogP contribution in [0.1, 0.15) is 28.8 Å². The SMILES string of the molecule is CNC(=O)c1cccc(NS(=O)(=O)CCCC(=O)O)c1C. The quantitative estimate of drug-likeness (QED) is 0.694. The Bertz CT molecular complexity index is 640. The topological polar surface area (TPSA) is 113 Å². The van der Waals surface area contributed by atoms with Crippen molar-refractivity contribution in [3.63, 3.8) is 0 Å². The minimum atomic E-state index is -3.65. The molecule has 3 N–H and O–H groups in total. The molecule has 0 heterocycles. The van der Waals surface area contributed by atoms with Gasteiger partial charge in [-0.05, 0) is 31.0 Å². The maximum atomic E-state index is 11.9. The van der Waals surface area contributed by atoms with Crippen LogP contribution in [-0.4, -0.2) is 38.2 Å². The van der Waals surface area contributed by atoms with Gasteiger partial charge in [-0.3, -0.25) is 14.3 Å². The van der Waals surface area contributed by atoms with Crippen molar-refractivity contribution in [3.8, 4) is 0 Å². The smallest absolute Gasteiger partial charge is 0.303 e. The van der Waals surface area contributed by atoms with Crippen LogP contribution in [0.15, 0.2) is 18.2 Å². The molecule has 116 valence electrons. The number of aliphatic carboxylic acids is 1. The van der Waals surface area contributed by atoms with Gasteiger partial charge >= 0.3 is 5.97 Å². The highest BCUT2D eigenvalue weighted by atomic mass is 32.2. The van der Waals surface area contributed by atoms with E-state index in [-0.39, 0.29) is 24.5 Å². The number of rotatable bonds is 7. The van der Waals surface area contributed by atoms with Crippen molar-refractivity contribution < 1.29 is 23.1 Å². The van der Waals surface area contributed by atoms with Gasteiger partial charge in [0, 0.05) is 19.0 Å². The van der Waals surface area contributed by atoms with Crippen LogP contribution in [0, 0.1) is 6.92 Å². The number of carbonyl (C=O) groups is 2. The lowest BCUT2D eigenvalue weighted by atomic mass is 10.1. The Kier molecular flexibility index (Phi) is 5.71. The zero-order valence-electron chi connectivity index (χ0n) is 11.8. The van der Waals surface area contributed by atoms with E-state index < -0.39 is 16.0 Å². The predicted molar refractivity (Wildman–Crippen MR) is 78.8 cm³/mol. The average Bonchev–Trinajstić information content (AvgIpc) is 2.39. The minimum Gasteiger partial charge on any atom is -0.481 e. The molecule has 0 unspecified atom stereocenters. The van der Waals surface area contributed by atoms with Gasteiger partial charge in [0.25, 0.3) is 5.91 Å². The second-order valence-electron chi connectivity index (χ2n) is 4.48. The number of carboxylic acid groups (broad SMARTS) is 1. The molecule has 1 aromatic rings. The Balaban J connectivity index is 2.87. The largest absolute Gasteiger partial charge is 0.481 e. The van der Waals surface area contributed by atoms with E-state index in [1.807, 2.05) is 0 Å². The average molecular weight is 314 g/mol. The van der Waals surface area contributed by atoms with Gasteiger partial charge in [0.05, 0.1) is 11.4 Å². The molecule has 0 spiro atoms. The van der Waals surface area contributed by atoms with Gasteiger partial charge in [0.2, 0.25) is 10.0 Å². The summed E-state index contributed by atoms with van der Waals surface area (Å²) in [5.74, 6) is -1.63. The van der Waals surface area contributed by atoms with E-state index in [2.05, 4.69) is 10.0 Å². The van der Waals surface area contributed by atoms with E-state index in [0.717, 1.165) is 0 Å². The summed E-state index contributed by atoms with van der Waals surface area (Å²) in [4.78, 5) is 22.0. The number of nitrogens with one attached hydrogen (secondary N) is 2. The lowest BCUT2D eigenvalue weighted by Crippen LogP contribution is -2.21. The van der Waals surface area contributed by atoms with Gasteiger partial charge in [-0.2, -0.15) is 0 Å². The Hall–Kier alpha value is -2.09. The fourth-order valence-corrected chi connectivity index (χ4v) is 2.94. The Morgan fingerprint density at radius 2 is 1.95 bits per heavy atom.